The molecule has 1 amide bonds. The highest BCUT2D eigenvalue weighted by Gasteiger charge is 2.31. The number of rotatable bonds is 7. The lowest BCUT2D eigenvalue weighted by molar-refractivity contribution is 0.0953. The summed E-state index contributed by atoms with van der Waals surface area (Å²) < 4.78 is 27.3. The fraction of sp³-hybridized carbons (Fsp3) is 0.350. The SMILES string of the molecule is CCCCCNC(=O)c1ccc2c(c1)CCN2S(=O)(=O)c1ccc(Cl)cc1. The third-order valence-electron chi connectivity index (χ3n) is 4.66. The van der Waals surface area contributed by atoms with E-state index in [4.69, 9.17) is 11.6 Å². The molecule has 0 atom stereocenters. The molecule has 0 aliphatic carbocycles. The Labute approximate surface area is 165 Å². The van der Waals surface area contributed by atoms with Gasteiger partial charge in [-0.2, -0.15) is 0 Å². The molecule has 1 heterocycles. The van der Waals surface area contributed by atoms with Crippen LogP contribution in [0.5, 0.6) is 0 Å². The van der Waals surface area contributed by atoms with E-state index >= 15 is 0 Å². The first-order valence-corrected chi connectivity index (χ1v) is 10.9. The first kappa shape index (κ1) is 19.7. The lowest BCUT2D eigenvalue weighted by atomic mass is 10.1. The summed E-state index contributed by atoms with van der Waals surface area (Å²) in [6.45, 7) is 3.13. The summed E-state index contributed by atoms with van der Waals surface area (Å²) in [5.41, 5.74) is 2.07. The van der Waals surface area contributed by atoms with Gasteiger partial charge in [0.05, 0.1) is 10.6 Å². The van der Waals surface area contributed by atoms with Crippen molar-refractivity contribution in [3.05, 3.63) is 58.6 Å². The molecule has 0 saturated heterocycles. The number of fused-ring (bicyclic) bond motifs is 1. The minimum absolute atomic E-state index is 0.118. The molecule has 1 aliphatic heterocycles. The van der Waals surface area contributed by atoms with Crippen molar-refractivity contribution in [1.82, 2.24) is 5.32 Å². The standard InChI is InChI=1S/C20H23ClN2O3S/c1-2-3-4-12-22-20(24)16-5-10-19-15(14-16)11-13-23(19)27(25,26)18-8-6-17(21)7-9-18/h5-10,14H,2-4,11-13H2,1H3,(H,22,24). The number of nitrogens with one attached hydrogen (secondary N) is 1. The van der Waals surface area contributed by atoms with E-state index in [1.807, 2.05) is 0 Å². The smallest absolute Gasteiger partial charge is 0.264 e. The highest BCUT2D eigenvalue weighted by Crippen LogP contribution is 2.33. The number of anilines is 1. The van der Waals surface area contributed by atoms with Crippen LogP contribution in [0.25, 0.3) is 0 Å². The molecule has 5 nitrogen and oxygen atoms in total. The highest BCUT2D eigenvalue weighted by atomic mass is 35.5. The molecule has 7 heteroatoms. The normalized spacial score (nSPS) is 13.5. The molecular weight excluding hydrogens is 384 g/mol. The predicted molar refractivity (Wildman–Crippen MR) is 108 cm³/mol. The van der Waals surface area contributed by atoms with Crippen molar-refractivity contribution in [2.75, 3.05) is 17.4 Å². The number of unbranched alkanes of at least 4 members (excludes halogenated alkanes) is 2. The van der Waals surface area contributed by atoms with Gasteiger partial charge >= 0.3 is 0 Å². The summed E-state index contributed by atoms with van der Waals surface area (Å²) in [6.07, 6.45) is 3.73. The van der Waals surface area contributed by atoms with Crippen molar-refractivity contribution < 1.29 is 13.2 Å². The first-order chi connectivity index (χ1) is 12.9. The molecule has 3 rings (SSSR count). The van der Waals surface area contributed by atoms with Gasteiger partial charge < -0.3 is 5.32 Å². The monoisotopic (exact) mass is 406 g/mol. The van der Waals surface area contributed by atoms with Gasteiger partial charge in [-0.05, 0) is 60.9 Å². The molecule has 0 fully saturated rings. The van der Waals surface area contributed by atoms with Crippen molar-refractivity contribution in [1.29, 1.82) is 0 Å². The molecule has 0 bridgehead atoms. The van der Waals surface area contributed by atoms with Crippen LogP contribution < -0.4 is 9.62 Å². The van der Waals surface area contributed by atoms with Crippen LogP contribution in [0.1, 0.15) is 42.1 Å². The average molecular weight is 407 g/mol. The Kier molecular flexibility index (Phi) is 6.07. The summed E-state index contributed by atoms with van der Waals surface area (Å²) in [4.78, 5) is 12.5. The minimum Gasteiger partial charge on any atom is -0.352 e. The van der Waals surface area contributed by atoms with Crippen LogP contribution in [0.3, 0.4) is 0 Å². The maximum atomic E-state index is 12.9. The second-order valence-corrected chi connectivity index (χ2v) is 8.89. The van der Waals surface area contributed by atoms with Crippen molar-refractivity contribution >= 4 is 33.2 Å². The number of hydrogen-bond donors (Lipinski definition) is 1. The summed E-state index contributed by atoms with van der Waals surface area (Å²) in [5.74, 6) is -0.118. The number of amides is 1. The molecule has 144 valence electrons. The van der Waals surface area contributed by atoms with Crippen LogP contribution in [0.2, 0.25) is 5.02 Å². The molecule has 0 radical (unpaired) electrons. The lowest BCUT2D eigenvalue weighted by Crippen LogP contribution is -2.29. The van der Waals surface area contributed by atoms with Gasteiger partial charge in [0.1, 0.15) is 0 Å². The molecule has 27 heavy (non-hydrogen) atoms. The molecule has 0 aromatic heterocycles. The molecule has 1 aliphatic rings. The molecular formula is C20H23ClN2O3S. The third-order valence-corrected chi connectivity index (χ3v) is 6.74. The van der Waals surface area contributed by atoms with Gasteiger partial charge in [-0.1, -0.05) is 31.4 Å². The lowest BCUT2D eigenvalue weighted by Gasteiger charge is -2.19. The van der Waals surface area contributed by atoms with Gasteiger partial charge in [-0.15, -0.1) is 0 Å². The van der Waals surface area contributed by atoms with E-state index in [0.717, 1.165) is 24.8 Å². The van der Waals surface area contributed by atoms with Crippen molar-refractivity contribution in [2.24, 2.45) is 0 Å². The first-order valence-electron chi connectivity index (χ1n) is 9.13. The van der Waals surface area contributed by atoms with Gasteiger partial charge in [0.2, 0.25) is 0 Å². The molecule has 0 saturated carbocycles. The minimum atomic E-state index is -3.65. The number of halogens is 1. The fourth-order valence-corrected chi connectivity index (χ4v) is 4.80. The second kappa shape index (κ2) is 8.31. The summed E-state index contributed by atoms with van der Waals surface area (Å²) in [7, 11) is -3.65. The predicted octanol–water partition coefficient (Wildman–Crippen LogP) is 4.01. The van der Waals surface area contributed by atoms with Gasteiger partial charge in [-0.25, -0.2) is 8.42 Å². The highest BCUT2D eigenvalue weighted by molar-refractivity contribution is 7.92. The van der Waals surface area contributed by atoms with Gasteiger partial charge in [0.15, 0.2) is 0 Å². The molecule has 0 unspecified atom stereocenters. The topological polar surface area (TPSA) is 66.5 Å². The van der Waals surface area contributed by atoms with E-state index in [1.54, 1.807) is 30.3 Å². The Morgan fingerprint density at radius 1 is 1.15 bits per heavy atom. The fourth-order valence-electron chi connectivity index (χ4n) is 3.18. The number of carbonyl (C=O) groups excluding carboxylic acids is 1. The van der Waals surface area contributed by atoms with Crippen LogP contribution in [0, 0.1) is 0 Å². The van der Waals surface area contributed by atoms with Crippen molar-refractivity contribution in [2.45, 2.75) is 37.5 Å². The van der Waals surface area contributed by atoms with E-state index in [2.05, 4.69) is 12.2 Å². The summed E-state index contributed by atoms with van der Waals surface area (Å²) >= 11 is 5.86. The summed E-state index contributed by atoms with van der Waals surface area (Å²) in [5, 5.41) is 3.41. The zero-order valence-electron chi connectivity index (χ0n) is 15.2. The van der Waals surface area contributed by atoms with Crippen molar-refractivity contribution in [3.63, 3.8) is 0 Å². The van der Waals surface area contributed by atoms with Crippen LogP contribution in [0.15, 0.2) is 47.4 Å². The van der Waals surface area contributed by atoms with Gasteiger partial charge in [-0.3, -0.25) is 9.10 Å². The largest absolute Gasteiger partial charge is 0.352 e. The van der Waals surface area contributed by atoms with E-state index in [9.17, 15) is 13.2 Å². The Morgan fingerprint density at radius 3 is 2.59 bits per heavy atom. The molecule has 1 N–H and O–H groups in total. The molecule has 2 aromatic rings. The van der Waals surface area contributed by atoms with E-state index in [-0.39, 0.29) is 10.8 Å². The number of benzene rings is 2. The van der Waals surface area contributed by atoms with Crippen LogP contribution >= 0.6 is 11.6 Å². The Balaban J connectivity index is 1.78. The Hall–Kier alpha value is -2.05. The van der Waals surface area contributed by atoms with Crippen LogP contribution in [0.4, 0.5) is 5.69 Å². The zero-order valence-corrected chi connectivity index (χ0v) is 16.8. The van der Waals surface area contributed by atoms with Gasteiger partial charge in [0, 0.05) is 23.7 Å². The maximum Gasteiger partial charge on any atom is 0.264 e. The van der Waals surface area contributed by atoms with E-state index in [0.29, 0.717) is 35.8 Å². The Bertz CT molecular complexity index is 927. The quantitative estimate of drug-likeness (QED) is 0.706. The van der Waals surface area contributed by atoms with E-state index in [1.165, 1.54) is 16.4 Å². The second-order valence-electron chi connectivity index (χ2n) is 6.59. The molecule has 0 spiro atoms. The molecule has 2 aromatic carbocycles. The van der Waals surface area contributed by atoms with Crippen LogP contribution in [-0.4, -0.2) is 27.4 Å². The maximum absolute atomic E-state index is 12.9. The van der Waals surface area contributed by atoms with Crippen LogP contribution in [-0.2, 0) is 16.4 Å². The van der Waals surface area contributed by atoms with E-state index < -0.39 is 10.0 Å². The number of sulfonamides is 1. The van der Waals surface area contributed by atoms with Crippen molar-refractivity contribution in [3.8, 4) is 0 Å². The third kappa shape index (κ3) is 4.28. The number of hydrogen-bond acceptors (Lipinski definition) is 3. The summed E-state index contributed by atoms with van der Waals surface area (Å²) in [6, 6.07) is 11.3. The van der Waals surface area contributed by atoms with Gasteiger partial charge in [0.25, 0.3) is 15.9 Å². The number of nitrogens with zero attached hydrogens (tertiary/aromatic N) is 1. The average Bonchev–Trinajstić information content (AvgIpc) is 3.09. The number of carbonyl (C=O) groups is 1. The zero-order chi connectivity index (χ0) is 19.4. The Morgan fingerprint density at radius 2 is 1.89 bits per heavy atom.